The minimum atomic E-state index is -1.02. The molecule has 5 nitrogen and oxygen atoms in total. The number of amides is 1. The summed E-state index contributed by atoms with van der Waals surface area (Å²) < 4.78 is 23.7. The van der Waals surface area contributed by atoms with E-state index < -0.39 is 23.8 Å². The number of rotatable bonds is 6. The van der Waals surface area contributed by atoms with Gasteiger partial charge in [0.05, 0.1) is 19.2 Å². The van der Waals surface area contributed by atoms with Gasteiger partial charge < -0.3 is 14.8 Å². The maximum atomic E-state index is 13.5. The summed E-state index contributed by atoms with van der Waals surface area (Å²) in [4.78, 5) is 24.0. The van der Waals surface area contributed by atoms with Crippen LogP contribution < -0.4 is 10.1 Å². The van der Waals surface area contributed by atoms with E-state index in [0.29, 0.717) is 11.4 Å². The first-order valence-electron chi connectivity index (χ1n) is 7.38. The van der Waals surface area contributed by atoms with E-state index in [1.54, 1.807) is 30.3 Å². The predicted octanol–water partition coefficient (Wildman–Crippen LogP) is 2.95. The quantitative estimate of drug-likeness (QED) is 0.827. The molecule has 126 valence electrons. The third-order valence-corrected chi connectivity index (χ3v) is 3.33. The number of carbonyl (C=O) groups excluding carboxylic acids is 2. The summed E-state index contributed by atoms with van der Waals surface area (Å²) >= 11 is 0. The van der Waals surface area contributed by atoms with Gasteiger partial charge in [0.2, 0.25) is 0 Å². The minimum absolute atomic E-state index is 0.222. The molecule has 6 heteroatoms. The van der Waals surface area contributed by atoms with Crippen LogP contribution in [0.15, 0.2) is 48.5 Å². The van der Waals surface area contributed by atoms with E-state index in [0.717, 1.165) is 0 Å². The van der Waals surface area contributed by atoms with E-state index in [4.69, 9.17) is 9.47 Å². The Morgan fingerprint density at radius 1 is 1.12 bits per heavy atom. The van der Waals surface area contributed by atoms with Crippen molar-refractivity contribution in [1.29, 1.82) is 0 Å². The van der Waals surface area contributed by atoms with Crippen LogP contribution in [0.4, 0.5) is 10.1 Å². The lowest BCUT2D eigenvalue weighted by Gasteiger charge is -2.15. The number of hydrogen-bond donors (Lipinski definition) is 1. The molecule has 2 aromatic rings. The summed E-state index contributed by atoms with van der Waals surface area (Å²) in [7, 11) is 1.49. The molecule has 0 aliphatic carbocycles. The molecule has 1 amide bonds. The zero-order chi connectivity index (χ0) is 17.5. The van der Waals surface area contributed by atoms with Gasteiger partial charge in [-0.15, -0.1) is 0 Å². The largest absolute Gasteiger partial charge is 0.495 e. The molecule has 0 fully saturated rings. The Bertz CT molecular complexity index is 732. The van der Waals surface area contributed by atoms with Crippen LogP contribution in [0.3, 0.4) is 0 Å². The highest BCUT2D eigenvalue weighted by atomic mass is 19.1. The number of hydrogen-bond acceptors (Lipinski definition) is 4. The standard InChI is InChI=1S/C18H18FNO4/c1-12(18(22)20-15-9-5-6-10-16(15)23-2)24-17(21)11-13-7-3-4-8-14(13)19/h3-10,12H,11H2,1-2H3,(H,20,22)/t12-/m1/s1. The van der Waals surface area contributed by atoms with Crippen LogP contribution in [0.2, 0.25) is 0 Å². The number of halogens is 1. The minimum Gasteiger partial charge on any atom is -0.495 e. The zero-order valence-electron chi connectivity index (χ0n) is 13.4. The Hall–Kier alpha value is -2.89. The Morgan fingerprint density at radius 2 is 1.79 bits per heavy atom. The highest BCUT2D eigenvalue weighted by molar-refractivity contribution is 5.96. The first-order chi connectivity index (χ1) is 11.5. The Morgan fingerprint density at radius 3 is 2.50 bits per heavy atom. The number of ether oxygens (including phenoxy) is 2. The number of benzene rings is 2. The Kier molecular flexibility index (Phi) is 5.89. The average Bonchev–Trinajstić information content (AvgIpc) is 2.57. The number of nitrogens with one attached hydrogen (secondary N) is 1. The van der Waals surface area contributed by atoms with Crippen LogP contribution in [-0.2, 0) is 20.7 Å². The first kappa shape index (κ1) is 17.5. The maximum absolute atomic E-state index is 13.5. The van der Waals surface area contributed by atoms with Crippen molar-refractivity contribution in [3.8, 4) is 5.75 Å². The summed E-state index contributed by atoms with van der Waals surface area (Å²) in [5.74, 6) is -1.17. The van der Waals surface area contributed by atoms with Crippen molar-refractivity contribution in [2.75, 3.05) is 12.4 Å². The zero-order valence-corrected chi connectivity index (χ0v) is 13.4. The molecule has 0 saturated carbocycles. The molecular formula is C18H18FNO4. The van der Waals surface area contributed by atoms with Crippen molar-refractivity contribution in [3.05, 3.63) is 59.9 Å². The molecule has 0 aromatic heterocycles. The average molecular weight is 331 g/mol. The second kappa shape index (κ2) is 8.10. The van der Waals surface area contributed by atoms with Crippen molar-refractivity contribution in [2.45, 2.75) is 19.4 Å². The third kappa shape index (κ3) is 4.55. The van der Waals surface area contributed by atoms with E-state index in [2.05, 4.69) is 5.32 Å². The third-order valence-electron chi connectivity index (χ3n) is 3.33. The highest BCUT2D eigenvalue weighted by Crippen LogP contribution is 2.23. The fourth-order valence-electron chi connectivity index (χ4n) is 2.07. The van der Waals surface area contributed by atoms with Crippen molar-refractivity contribution in [2.24, 2.45) is 0 Å². The first-order valence-corrected chi connectivity index (χ1v) is 7.38. The molecular weight excluding hydrogens is 313 g/mol. The fraction of sp³-hybridized carbons (Fsp3) is 0.222. The van der Waals surface area contributed by atoms with Crippen molar-refractivity contribution < 1.29 is 23.5 Å². The van der Waals surface area contributed by atoms with Crippen LogP contribution >= 0.6 is 0 Å². The van der Waals surface area contributed by atoms with Crippen molar-refractivity contribution >= 4 is 17.6 Å². The number of carbonyl (C=O) groups is 2. The fourth-order valence-corrected chi connectivity index (χ4v) is 2.07. The molecule has 0 radical (unpaired) electrons. The van der Waals surface area contributed by atoms with Crippen LogP contribution in [0.5, 0.6) is 5.75 Å². The summed E-state index contributed by atoms with van der Waals surface area (Å²) in [6, 6.07) is 12.8. The van der Waals surface area contributed by atoms with Gasteiger partial charge in [-0.05, 0) is 30.7 Å². The molecule has 0 unspecified atom stereocenters. The molecule has 0 aliphatic rings. The van der Waals surface area contributed by atoms with Gasteiger partial charge in [0, 0.05) is 0 Å². The topological polar surface area (TPSA) is 64.6 Å². The van der Waals surface area contributed by atoms with Gasteiger partial charge in [0.15, 0.2) is 6.10 Å². The number of anilines is 1. The van der Waals surface area contributed by atoms with Gasteiger partial charge in [0.25, 0.3) is 5.91 Å². The smallest absolute Gasteiger partial charge is 0.311 e. The lowest BCUT2D eigenvalue weighted by molar-refractivity contribution is -0.152. The monoisotopic (exact) mass is 331 g/mol. The lowest BCUT2D eigenvalue weighted by atomic mass is 10.1. The van der Waals surface area contributed by atoms with Gasteiger partial charge >= 0.3 is 5.97 Å². The SMILES string of the molecule is COc1ccccc1NC(=O)[C@@H](C)OC(=O)Cc1ccccc1F. The van der Waals surface area contributed by atoms with E-state index >= 15 is 0 Å². The summed E-state index contributed by atoms with van der Waals surface area (Å²) in [6.45, 7) is 1.45. The van der Waals surface area contributed by atoms with Crippen molar-refractivity contribution in [1.82, 2.24) is 0 Å². The van der Waals surface area contributed by atoms with Gasteiger partial charge in [-0.1, -0.05) is 30.3 Å². The second-order valence-corrected chi connectivity index (χ2v) is 5.09. The van der Waals surface area contributed by atoms with Crippen LogP contribution in [-0.4, -0.2) is 25.1 Å². The predicted molar refractivity (Wildman–Crippen MR) is 87.3 cm³/mol. The van der Waals surface area contributed by atoms with E-state index in [1.807, 2.05) is 0 Å². The molecule has 24 heavy (non-hydrogen) atoms. The molecule has 2 aromatic carbocycles. The number of esters is 1. The van der Waals surface area contributed by atoms with Crippen molar-refractivity contribution in [3.63, 3.8) is 0 Å². The Labute approximate surface area is 139 Å². The summed E-state index contributed by atoms with van der Waals surface area (Å²) in [6.07, 6.45) is -1.26. The van der Waals surface area contributed by atoms with Gasteiger partial charge in [-0.25, -0.2) is 4.39 Å². The van der Waals surface area contributed by atoms with E-state index in [9.17, 15) is 14.0 Å². The number of methoxy groups -OCH3 is 1. The molecule has 1 atom stereocenters. The van der Waals surface area contributed by atoms with Crippen LogP contribution in [0.25, 0.3) is 0 Å². The van der Waals surface area contributed by atoms with E-state index in [-0.39, 0.29) is 12.0 Å². The summed E-state index contributed by atoms with van der Waals surface area (Å²) in [5, 5.41) is 2.63. The highest BCUT2D eigenvalue weighted by Gasteiger charge is 2.20. The molecule has 1 N–H and O–H groups in total. The summed E-state index contributed by atoms with van der Waals surface area (Å²) in [5.41, 5.74) is 0.696. The van der Waals surface area contributed by atoms with Gasteiger partial charge in [-0.3, -0.25) is 9.59 Å². The van der Waals surface area contributed by atoms with Gasteiger partial charge in [0.1, 0.15) is 11.6 Å². The molecule has 0 saturated heterocycles. The molecule has 0 bridgehead atoms. The molecule has 0 spiro atoms. The maximum Gasteiger partial charge on any atom is 0.311 e. The molecule has 0 aliphatic heterocycles. The van der Waals surface area contributed by atoms with Gasteiger partial charge in [-0.2, -0.15) is 0 Å². The molecule has 0 heterocycles. The van der Waals surface area contributed by atoms with Crippen LogP contribution in [0.1, 0.15) is 12.5 Å². The van der Waals surface area contributed by atoms with E-state index in [1.165, 1.54) is 32.2 Å². The second-order valence-electron chi connectivity index (χ2n) is 5.09. The normalized spacial score (nSPS) is 11.5. The van der Waals surface area contributed by atoms with Crippen LogP contribution in [0, 0.1) is 5.82 Å². The Balaban J connectivity index is 1.94. The lowest BCUT2D eigenvalue weighted by Crippen LogP contribution is -2.30. The molecule has 2 rings (SSSR count). The number of para-hydroxylation sites is 2.